The number of fused-ring (bicyclic) bond motifs is 1. The predicted octanol–water partition coefficient (Wildman–Crippen LogP) is 3.11. The van der Waals surface area contributed by atoms with Gasteiger partial charge in [-0.2, -0.15) is 0 Å². The van der Waals surface area contributed by atoms with Crippen molar-refractivity contribution in [2.75, 3.05) is 24.1 Å². The van der Waals surface area contributed by atoms with Crippen LogP contribution in [-0.4, -0.2) is 24.0 Å². The smallest absolute Gasteiger partial charge is 0.0635 e. The van der Waals surface area contributed by atoms with Gasteiger partial charge in [-0.15, -0.1) is 0 Å². The van der Waals surface area contributed by atoms with Gasteiger partial charge in [0.15, 0.2) is 0 Å². The molecule has 98 valence electrons. The molecule has 18 heavy (non-hydrogen) atoms. The van der Waals surface area contributed by atoms with Crippen LogP contribution in [0.15, 0.2) is 24.3 Å². The van der Waals surface area contributed by atoms with Gasteiger partial charge in [0.2, 0.25) is 0 Å². The first-order valence-corrected chi connectivity index (χ1v) is 6.67. The molecular weight excluding hydrogens is 246 g/mol. The van der Waals surface area contributed by atoms with E-state index in [2.05, 4.69) is 29.3 Å². The van der Waals surface area contributed by atoms with Crippen molar-refractivity contribution in [2.45, 2.75) is 26.4 Å². The number of hydrogen-bond donors (Lipinski definition) is 2. The molecule has 1 aliphatic rings. The van der Waals surface area contributed by atoms with Crippen molar-refractivity contribution < 1.29 is 0 Å². The molecule has 1 aromatic rings. The standard InChI is InChI=1S/C14H20ClN3/c1-3-4-7-18-9-11-12(15)5-6-13(16)14(11)17-8-10(18)2/h3-6,10,17H,7-9,16H2,1-2H3/b4-3+/t10-/m0/s1. The average molecular weight is 266 g/mol. The number of rotatable bonds is 2. The second kappa shape index (κ2) is 5.63. The Morgan fingerprint density at radius 3 is 3.06 bits per heavy atom. The second-order valence-electron chi connectivity index (χ2n) is 4.72. The van der Waals surface area contributed by atoms with Crippen LogP contribution >= 0.6 is 11.6 Å². The molecule has 1 heterocycles. The van der Waals surface area contributed by atoms with Crippen molar-refractivity contribution in [3.63, 3.8) is 0 Å². The van der Waals surface area contributed by atoms with E-state index < -0.39 is 0 Å². The maximum atomic E-state index is 6.29. The lowest BCUT2D eigenvalue weighted by Gasteiger charge is -2.25. The Kier molecular flexibility index (Phi) is 4.15. The molecular formula is C14H20ClN3. The van der Waals surface area contributed by atoms with Crippen molar-refractivity contribution in [1.29, 1.82) is 0 Å². The number of nitrogens with zero attached hydrogens (tertiary/aromatic N) is 1. The van der Waals surface area contributed by atoms with E-state index in [0.717, 1.165) is 41.6 Å². The molecule has 1 atom stereocenters. The zero-order valence-corrected chi connectivity index (χ0v) is 11.7. The van der Waals surface area contributed by atoms with Gasteiger partial charge in [-0.25, -0.2) is 0 Å². The number of nitrogen functional groups attached to an aromatic ring is 1. The molecule has 0 amide bonds. The maximum absolute atomic E-state index is 6.29. The number of benzene rings is 1. The fourth-order valence-electron chi connectivity index (χ4n) is 2.23. The molecule has 0 spiro atoms. The van der Waals surface area contributed by atoms with Crippen LogP contribution in [0.2, 0.25) is 5.02 Å². The fourth-order valence-corrected chi connectivity index (χ4v) is 2.44. The van der Waals surface area contributed by atoms with Crippen LogP contribution in [0.1, 0.15) is 19.4 Å². The van der Waals surface area contributed by atoms with Crippen LogP contribution in [0.4, 0.5) is 11.4 Å². The van der Waals surface area contributed by atoms with Gasteiger partial charge in [0, 0.05) is 36.3 Å². The minimum Gasteiger partial charge on any atom is -0.397 e. The highest BCUT2D eigenvalue weighted by Crippen LogP contribution is 2.33. The summed E-state index contributed by atoms with van der Waals surface area (Å²) in [5.74, 6) is 0. The van der Waals surface area contributed by atoms with E-state index in [0.29, 0.717) is 6.04 Å². The third-order valence-corrected chi connectivity index (χ3v) is 3.78. The third kappa shape index (κ3) is 2.62. The Balaban J connectivity index is 2.33. The van der Waals surface area contributed by atoms with Crippen LogP contribution in [-0.2, 0) is 6.54 Å². The van der Waals surface area contributed by atoms with Gasteiger partial charge >= 0.3 is 0 Å². The van der Waals surface area contributed by atoms with E-state index >= 15 is 0 Å². The summed E-state index contributed by atoms with van der Waals surface area (Å²) in [5.41, 5.74) is 8.89. The molecule has 0 saturated carbocycles. The van der Waals surface area contributed by atoms with E-state index in [1.165, 1.54) is 0 Å². The lowest BCUT2D eigenvalue weighted by molar-refractivity contribution is 0.236. The highest BCUT2D eigenvalue weighted by Gasteiger charge is 2.22. The molecule has 4 heteroatoms. The number of anilines is 2. The van der Waals surface area contributed by atoms with Crippen molar-refractivity contribution in [3.8, 4) is 0 Å². The van der Waals surface area contributed by atoms with Gasteiger partial charge < -0.3 is 11.1 Å². The number of allylic oxidation sites excluding steroid dienone is 1. The predicted molar refractivity (Wildman–Crippen MR) is 79.0 cm³/mol. The molecule has 0 bridgehead atoms. The number of hydrogen-bond acceptors (Lipinski definition) is 3. The van der Waals surface area contributed by atoms with Gasteiger partial charge in [0.05, 0.1) is 11.4 Å². The Labute approximate surface area is 114 Å². The van der Waals surface area contributed by atoms with Crippen LogP contribution in [0, 0.1) is 0 Å². The first-order valence-electron chi connectivity index (χ1n) is 6.29. The van der Waals surface area contributed by atoms with E-state index in [-0.39, 0.29) is 0 Å². The average Bonchev–Trinajstić information content (AvgIpc) is 2.52. The van der Waals surface area contributed by atoms with E-state index in [1.54, 1.807) is 0 Å². The van der Waals surface area contributed by atoms with Gasteiger partial charge in [0.25, 0.3) is 0 Å². The summed E-state index contributed by atoms with van der Waals surface area (Å²) in [6.07, 6.45) is 4.24. The summed E-state index contributed by atoms with van der Waals surface area (Å²) in [7, 11) is 0. The van der Waals surface area contributed by atoms with Crippen LogP contribution in [0.3, 0.4) is 0 Å². The molecule has 0 aliphatic carbocycles. The van der Waals surface area contributed by atoms with Crippen LogP contribution < -0.4 is 11.1 Å². The minimum atomic E-state index is 0.448. The zero-order chi connectivity index (χ0) is 13.1. The summed E-state index contributed by atoms with van der Waals surface area (Å²) in [5, 5.41) is 4.20. The Morgan fingerprint density at radius 1 is 1.56 bits per heavy atom. The van der Waals surface area contributed by atoms with E-state index in [9.17, 15) is 0 Å². The normalized spacial score (nSPS) is 20.5. The number of nitrogens with two attached hydrogens (primary N) is 1. The highest BCUT2D eigenvalue weighted by molar-refractivity contribution is 6.32. The topological polar surface area (TPSA) is 41.3 Å². The fraction of sp³-hybridized carbons (Fsp3) is 0.429. The van der Waals surface area contributed by atoms with Gasteiger partial charge in [-0.05, 0) is 26.0 Å². The molecule has 1 aliphatic heterocycles. The summed E-state index contributed by atoms with van der Waals surface area (Å²) in [6, 6.07) is 4.19. The van der Waals surface area contributed by atoms with Gasteiger partial charge in [-0.1, -0.05) is 23.8 Å². The lowest BCUT2D eigenvalue weighted by atomic mass is 10.1. The first-order chi connectivity index (χ1) is 8.63. The molecule has 3 N–H and O–H groups in total. The monoisotopic (exact) mass is 265 g/mol. The first kappa shape index (κ1) is 13.2. The third-order valence-electron chi connectivity index (χ3n) is 3.42. The summed E-state index contributed by atoms with van der Waals surface area (Å²) >= 11 is 6.29. The molecule has 0 radical (unpaired) electrons. The summed E-state index contributed by atoms with van der Waals surface area (Å²) in [4.78, 5) is 2.39. The quantitative estimate of drug-likeness (QED) is 0.638. The largest absolute Gasteiger partial charge is 0.397 e. The molecule has 0 unspecified atom stereocenters. The Morgan fingerprint density at radius 2 is 2.33 bits per heavy atom. The highest BCUT2D eigenvalue weighted by atomic mass is 35.5. The van der Waals surface area contributed by atoms with E-state index in [1.807, 2.05) is 19.1 Å². The zero-order valence-electron chi connectivity index (χ0n) is 10.9. The van der Waals surface area contributed by atoms with Crippen molar-refractivity contribution in [1.82, 2.24) is 4.90 Å². The Bertz CT molecular complexity index is 457. The Hall–Kier alpha value is -1.19. The molecule has 0 saturated heterocycles. The summed E-state index contributed by atoms with van der Waals surface area (Å²) < 4.78 is 0. The number of nitrogens with one attached hydrogen (secondary N) is 1. The lowest BCUT2D eigenvalue weighted by Crippen LogP contribution is -2.35. The van der Waals surface area contributed by atoms with Crippen molar-refractivity contribution >= 4 is 23.0 Å². The molecule has 0 fully saturated rings. The van der Waals surface area contributed by atoms with Crippen molar-refractivity contribution in [3.05, 3.63) is 34.9 Å². The number of halogens is 1. The molecule has 1 aromatic carbocycles. The molecule has 0 aromatic heterocycles. The summed E-state index contributed by atoms with van der Waals surface area (Å²) in [6.45, 7) is 6.91. The maximum Gasteiger partial charge on any atom is 0.0635 e. The van der Waals surface area contributed by atoms with Crippen molar-refractivity contribution in [2.24, 2.45) is 0 Å². The van der Waals surface area contributed by atoms with Crippen LogP contribution in [0.5, 0.6) is 0 Å². The van der Waals surface area contributed by atoms with Gasteiger partial charge in [0.1, 0.15) is 0 Å². The molecule has 2 rings (SSSR count). The molecule has 3 nitrogen and oxygen atoms in total. The van der Waals surface area contributed by atoms with Crippen LogP contribution in [0.25, 0.3) is 0 Å². The second-order valence-corrected chi connectivity index (χ2v) is 5.13. The minimum absolute atomic E-state index is 0.448. The van der Waals surface area contributed by atoms with E-state index in [4.69, 9.17) is 17.3 Å². The SMILES string of the molecule is C/C=C/CN1Cc2c(Cl)ccc(N)c2NC[C@@H]1C. The van der Waals surface area contributed by atoms with Gasteiger partial charge in [-0.3, -0.25) is 4.90 Å².